The SMILES string of the molecule is Cc1ccccc1Cn1cccc1CN(Cc1ccccc1)C(=O)C(C)(C)C. The molecule has 0 spiro atoms. The normalized spacial score (nSPS) is 11.4. The molecule has 3 aromatic rings. The number of rotatable bonds is 6. The van der Waals surface area contributed by atoms with Crippen LogP contribution in [0.2, 0.25) is 0 Å². The molecule has 1 heterocycles. The van der Waals surface area contributed by atoms with Gasteiger partial charge in [-0.2, -0.15) is 0 Å². The molecule has 0 fully saturated rings. The van der Waals surface area contributed by atoms with E-state index in [0.29, 0.717) is 13.1 Å². The number of aromatic nitrogens is 1. The summed E-state index contributed by atoms with van der Waals surface area (Å²) < 4.78 is 2.25. The standard InChI is InChI=1S/C25H30N2O/c1-20-11-8-9-14-22(20)18-26-16-10-15-23(26)19-27(24(28)25(2,3)4)17-21-12-6-5-7-13-21/h5-16H,17-19H2,1-4H3. The third-order valence-electron chi connectivity index (χ3n) is 5.02. The Morgan fingerprint density at radius 2 is 1.57 bits per heavy atom. The second-order valence-corrected chi connectivity index (χ2v) is 8.45. The van der Waals surface area contributed by atoms with Gasteiger partial charge in [0.25, 0.3) is 0 Å². The molecule has 3 rings (SSSR count). The molecule has 3 heteroatoms. The minimum absolute atomic E-state index is 0.167. The molecule has 28 heavy (non-hydrogen) atoms. The minimum atomic E-state index is -0.414. The summed E-state index contributed by atoms with van der Waals surface area (Å²) in [5.74, 6) is 0.167. The Bertz CT molecular complexity index is 919. The third kappa shape index (κ3) is 4.92. The highest BCUT2D eigenvalue weighted by Gasteiger charge is 2.28. The van der Waals surface area contributed by atoms with E-state index < -0.39 is 5.41 Å². The van der Waals surface area contributed by atoms with Gasteiger partial charge in [0.2, 0.25) is 5.91 Å². The van der Waals surface area contributed by atoms with E-state index in [4.69, 9.17) is 0 Å². The van der Waals surface area contributed by atoms with E-state index in [2.05, 4.69) is 66.2 Å². The molecule has 1 aromatic heterocycles. The van der Waals surface area contributed by atoms with E-state index in [-0.39, 0.29) is 5.91 Å². The summed E-state index contributed by atoms with van der Waals surface area (Å²) in [6.45, 7) is 10.1. The first-order chi connectivity index (χ1) is 13.3. The van der Waals surface area contributed by atoms with Gasteiger partial charge in [0.1, 0.15) is 0 Å². The van der Waals surface area contributed by atoms with Gasteiger partial charge in [0.15, 0.2) is 0 Å². The number of aryl methyl sites for hydroxylation is 1. The Morgan fingerprint density at radius 3 is 2.25 bits per heavy atom. The number of carbonyl (C=O) groups is 1. The molecular formula is C25H30N2O. The first kappa shape index (κ1) is 19.9. The van der Waals surface area contributed by atoms with Gasteiger partial charge < -0.3 is 9.47 Å². The molecule has 0 N–H and O–H groups in total. The molecule has 0 atom stereocenters. The van der Waals surface area contributed by atoms with Gasteiger partial charge >= 0.3 is 0 Å². The van der Waals surface area contributed by atoms with Crippen molar-refractivity contribution in [3.05, 3.63) is 95.3 Å². The Hall–Kier alpha value is -2.81. The van der Waals surface area contributed by atoms with Gasteiger partial charge in [-0.1, -0.05) is 75.4 Å². The van der Waals surface area contributed by atoms with Crippen LogP contribution in [-0.4, -0.2) is 15.4 Å². The highest BCUT2D eigenvalue weighted by atomic mass is 16.2. The Morgan fingerprint density at radius 1 is 0.893 bits per heavy atom. The molecule has 0 aliphatic carbocycles. The van der Waals surface area contributed by atoms with Crippen LogP contribution in [0.5, 0.6) is 0 Å². The molecule has 2 aromatic carbocycles. The van der Waals surface area contributed by atoms with Crippen LogP contribution in [0, 0.1) is 12.3 Å². The lowest BCUT2D eigenvalue weighted by atomic mass is 9.94. The molecule has 0 radical (unpaired) electrons. The predicted octanol–water partition coefficient (Wildman–Crippen LogP) is 5.42. The van der Waals surface area contributed by atoms with Crippen molar-refractivity contribution < 1.29 is 4.79 Å². The van der Waals surface area contributed by atoms with Crippen molar-refractivity contribution in [2.45, 2.75) is 47.3 Å². The largest absolute Gasteiger partial charge is 0.345 e. The Labute approximate surface area is 168 Å². The van der Waals surface area contributed by atoms with Gasteiger partial charge in [-0.05, 0) is 35.7 Å². The summed E-state index contributed by atoms with van der Waals surface area (Å²) in [4.78, 5) is 15.1. The van der Waals surface area contributed by atoms with Crippen LogP contribution in [0.1, 0.15) is 43.2 Å². The molecule has 0 aliphatic heterocycles. The fraction of sp³-hybridized carbons (Fsp3) is 0.320. The van der Waals surface area contributed by atoms with Crippen molar-refractivity contribution >= 4 is 5.91 Å². The average molecular weight is 375 g/mol. The second kappa shape index (κ2) is 8.47. The zero-order chi connectivity index (χ0) is 20.1. The average Bonchev–Trinajstić information content (AvgIpc) is 3.09. The maximum absolute atomic E-state index is 13.1. The number of nitrogens with zero attached hydrogens (tertiary/aromatic N) is 2. The van der Waals surface area contributed by atoms with Crippen LogP contribution in [0.4, 0.5) is 0 Å². The first-order valence-corrected chi connectivity index (χ1v) is 9.86. The molecule has 0 saturated heterocycles. The maximum Gasteiger partial charge on any atom is 0.228 e. The van der Waals surface area contributed by atoms with Crippen LogP contribution in [0.25, 0.3) is 0 Å². The van der Waals surface area contributed by atoms with Crippen LogP contribution in [0.15, 0.2) is 72.9 Å². The first-order valence-electron chi connectivity index (χ1n) is 9.86. The zero-order valence-corrected chi connectivity index (χ0v) is 17.4. The van der Waals surface area contributed by atoms with Crippen LogP contribution in [0.3, 0.4) is 0 Å². The Balaban J connectivity index is 1.84. The smallest absolute Gasteiger partial charge is 0.228 e. The van der Waals surface area contributed by atoms with E-state index in [1.807, 2.05) is 43.9 Å². The fourth-order valence-corrected chi connectivity index (χ4v) is 3.39. The highest BCUT2D eigenvalue weighted by molar-refractivity contribution is 5.81. The second-order valence-electron chi connectivity index (χ2n) is 8.45. The van der Waals surface area contributed by atoms with Crippen LogP contribution < -0.4 is 0 Å². The van der Waals surface area contributed by atoms with Crippen LogP contribution in [-0.2, 0) is 24.4 Å². The molecule has 0 saturated carbocycles. The van der Waals surface area contributed by atoms with Crippen molar-refractivity contribution in [1.82, 2.24) is 9.47 Å². The monoisotopic (exact) mass is 374 g/mol. The number of benzene rings is 2. The summed E-state index contributed by atoms with van der Waals surface area (Å²) in [5.41, 5.74) is 4.47. The van der Waals surface area contributed by atoms with Gasteiger partial charge in [-0.3, -0.25) is 4.79 Å². The molecule has 0 unspecified atom stereocenters. The van der Waals surface area contributed by atoms with E-state index >= 15 is 0 Å². The van der Waals surface area contributed by atoms with Gasteiger partial charge in [-0.15, -0.1) is 0 Å². The maximum atomic E-state index is 13.1. The van der Waals surface area contributed by atoms with E-state index in [1.165, 1.54) is 11.1 Å². The number of carbonyl (C=O) groups excluding carboxylic acids is 1. The van der Waals surface area contributed by atoms with Crippen molar-refractivity contribution in [3.8, 4) is 0 Å². The van der Waals surface area contributed by atoms with Crippen molar-refractivity contribution in [1.29, 1.82) is 0 Å². The van der Waals surface area contributed by atoms with Crippen molar-refractivity contribution in [3.63, 3.8) is 0 Å². The third-order valence-corrected chi connectivity index (χ3v) is 5.02. The summed E-state index contributed by atoms with van der Waals surface area (Å²) in [5, 5.41) is 0. The topological polar surface area (TPSA) is 25.2 Å². The summed E-state index contributed by atoms with van der Waals surface area (Å²) in [6.07, 6.45) is 2.10. The van der Waals surface area contributed by atoms with Crippen molar-refractivity contribution in [2.75, 3.05) is 0 Å². The lowest BCUT2D eigenvalue weighted by molar-refractivity contribution is -0.140. The zero-order valence-electron chi connectivity index (χ0n) is 17.4. The van der Waals surface area contributed by atoms with Crippen LogP contribution >= 0.6 is 0 Å². The van der Waals surface area contributed by atoms with Gasteiger partial charge in [-0.25, -0.2) is 0 Å². The summed E-state index contributed by atoms with van der Waals surface area (Å²) in [6, 6.07) is 22.9. The lowest BCUT2D eigenvalue weighted by Gasteiger charge is -2.30. The lowest BCUT2D eigenvalue weighted by Crippen LogP contribution is -2.39. The predicted molar refractivity (Wildman–Crippen MR) is 115 cm³/mol. The highest BCUT2D eigenvalue weighted by Crippen LogP contribution is 2.22. The molecule has 1 amide bonds. The Kier molecular flexibility index (Phi) is 6.03. The van der Waals surface area contributed by atoms with Gasteiger partial charge in [0, 0.05) is 30.4 Å². The van der Waals surface area contributed by atoms with E-state index in [9.17, 15) is 4.79 Å². The number of hydrogen-bond acceptors (Lipinski definition) is 1. The van der Waals surface area contributed by atoms with Gasteiger partial charge in [0.05, 0.1) is 6.54 Å². The summed E-state index contributed by atoms with van der Waals surface area (Å²) in [7, 11) is 0. The fourth-order valence-electron chi connectivity index (χ4n) is 3.39. The molecule has 146 valence electrons. The quantitative estimate of drug-likeness (QED) is 0.565. The van der Waals surface area contributed by atoms with E-state index in [1.54, 1.807) is 0 Å². The molecular weight excluding hydrogens is 344 g/mol. The van der Waals surface area contributed by atoms with E-state index in [0.717, 1.165) is 17.8 Å². The summed E-state index contributed by atoms with van der Waals surface area (Å²) >= 11 is 0. The molecule has 0 aliphatic rings. The number of amides is 1. The molecule has 3 nitrogen and oxygen atoms in total. The molecule has 0 bridgehead atoms. The number of hydrogen-bond donors (Lipinski definition) is 0. The van der Waals surface area contributed by atoms with Crippen molar-refractivity contribution in [2.24, 2.45) is 5.41 Å². The minimum Gasteiger partial charge on any atom is -0.345 e.